The molecule has 4 heteroatoms. The Labute approximate surface area is 83.5 Å². The number of carboxylic acid groups (broad SMARTS) is 1. The smallest absolute Gasteiger partial charge is 0.331 e. The van der Waals surface area contributed by atoms with Crippen molar-refractivity contribution in [1.82, 2.24) is 9.78 Å². The van der Waals surface area contributed by atoms with Gasteiger partial charge in [-0.2, -0.15) is 5.10 Å². The number of hydrogen-bond donors (Lipinski definition) is 1. The van der Waals surface area contributed by atoms with Crippen LogP contribution in [-0.4, -0.2) is 20.9 Å². The van der Waals surface area contributed by atoms with Gasteiger partial charge in [-0.25, -0.2) is 4.79 Å². The van der Waals surface area contributed by atoms with Gasteiger partial charge in [0.1, 0.15) is 0 Å². The lowest BCUT2D eigenvalue weighted by molar-refractivity contribution is -0.146. The van der Waals surface area contributed by atoms with E-state index in [2.05, 4.69) is 18.9 Å². The fraction of sp³-hybridized carbons (Fsp3) is 0.600. The van der Waals surface area contributed by atoms with Gasteiger partial charge >= 0.3 is 5.97 Å². The fourth-order valence-corrected chi connectivity index (χ4v) is 1.04. The molecule has 1 aromatic rings. The Morgan fingerprint density at radius 3 is 2.50 bits per heavy atom. The molecule has 0 saturated carbocycles. The minimum atomic E-state index is -0.979. The van der Waals surface area contributed by atoms with E-state index in [1.807, 2.05) is 0 Å². The SMILES string of the molecule is CC(C)c1cnn(C(C)(C)C(=O)O)c1. The summed E-state index contributed by atoms with van der Waals surface area (Å²) in [7, 11) is 0. The molecule has 14 heavy (non-hydrogen) atoms. The van der Waals surface area contributed by atoms with Gasteiger partial charge in [0.05, 0.1) is 6.20 Å². The Bertz CT molecular complexity index is 340. The quantitative estimate of drug-likeness (QED) is 0.802. The van der Waals surface area contributed by atoms with Gasteiger partial charge in [-0.05, 0) is 25.3 Å². The maximum absolute atomic E-state index is 10.9. The number of nitrogens with zero attached hydrogens (tertiary/aromatic N) is 2. The van der Waals surface area contributed by atoms with Crippen molar-refractivity contribution in [1.29, 1.82) is 0 Å². The molecule has 1 N–H and O–H groups in total. The molecule has 0 aliphatic rings. The Hall–Kier alpha value is -1.32. The molecular formula is C10H16N2O2. The van der Waals surface area contributed by atoms with Crippen molar-refractivity contribution >= 4 is 5.97 Å². The van der Waals surface area contributed by atoms with Gasteiger partial charge in [-0.15, -0.1) is 0 Å². The molecule has 1 rings (SSSR count). The van der Waals surface area contributed by atoms with E-state index in [0.717, 1.165) is 5.56 Å². The van der Waals surface area contributed by atoms with Crippen molar-refractivity contribution in [3.05, 3.63) is 18.0 Å². The van der Waals surface area contributed by atoms with E-state index in [4.69, 9.17) is 5.11 Å². The van der Waals surface area contributed by atoms with Crippen LogP contribution in [0.3, 0.4) is 0 Å². The standard InChI is InChI=1S/C10H16N2O2/c1-7(2)8-5-11-12(6-8)10(3,4)9(13)14/h5-7H,1-4H3,(H,13,14). The molecule has 0 aliphatic carbocycles. The van der Waals surface area contributed by atoms with E-state index in [-0.39, 0.29) is 0 Å². The highest BCUT2D eigenvalue weighted by molar-refractivity contribution is 5.75. The predicted octanol–water partition coefficient (Wildman–Crippen LogP) is 1.83. The van der Waals surface area contributed by atoms with Gasteiger partial charge in [0.15, 0.2) is 5.54 Å². The van der Waals surface area contributed by atoms with Gasteiger partial charge in [-0.3, -0.25) is 4.68 Å². The van der Waals surface area contributed by atoms with Crippen LogP contribution < -0.4 is 0 Å². The number of aromatic nitrogens is 2. The summed E-state index contributed by atoms with van der Waals surface area (Å²) in [5, 5.41) is 13.0. The molecule has 0 saturated heterocycles. The van der Waals surface area contributed by atoms with Crippen molar-refractivity contribution in [3.8, 4) is 0 Å². The molecule has 0 fully saturated rings. The zero-order valence-electron chi connectivity index (χ0n) is 8.98. The number of carboxylic acids is 1. The van der Waals surface area contributed by atoms with Crippen LogP contribution in [-0.2, 0) is 10.3 Å². The van der Waals surface area contributed by atoms with Gasteiger partial charge in [-0.1, -0.05) is 13.8 Å². The van der Waals surface area contributed by atoms with Crippen molar-refractivity contribution in [3.63, 3.8) is 0 Å². The fourth-order valence-electron chi connectivity index (χ4n) is 1.04. The lowest BCUT2D eigenvalue weighted by Crippen LogP contribution is -2.35. The van der Waals surface area contributed by atoms with Crippen LogP contribution in [0.1, 0.15) is 39.2 Å². The molecule has 78 valence electrons. The summed E-state index contributed by atoms with van der Waals surface area (Å²) in [4.78, 5) is 10.9. The first-order valence-corrected chi connectivity index (χ1v) is 4.64. The maximum Gasteiger partial charge on any atom is 0.331 e. The van der Waals surface area contributed by atoms with Gasteiger partial charge < -0.3 is 5.11 Å². The molecule has 0 spiro atoms. The van der Waals surface area contributed by atoms with E-state index in [1.54, 1.807) is 26.2 Å². The number of aliphatic carboxylic acids is 1. The van der Waals surface area contributed by atoms with E-state index >= 15 is 0 Å². The second kappa shape index (κ2) is 3.44. The Morgan fingerprint density at radius 2 is 2.14 bits per heavy atom. The summed E-state index contributed by atoms with van der Waals surface area (Å²) >= 11 is 0. The van der Waals surface area contributed by atoms with Crippen LogP contribution in [0.25, 0.3) is 0 Å². The molecule has 0 radical (unpaired) electrons. The van der Waals surface area contributed by atoms with Crippen molar-refractivity contribution in [2.24, 2.45) is 0 Å². The van der Waals surface area contributed by atoms with Crippen molar-refractivity contribution < 1.29 is 9.90 Å². The first-order chi connectivity index (χ1) is 6.35. The van der Waals surface area contributed by atoms with Gasteiger partial charge in [0.25, 0.3) is 0 Å². The molecule has 0 aromatic carbocycles. The lowest BCUT2D eigenvalue weighted by Gasteiger charge is -2.19. The zero-order chi connectivity index (χ0) is 10.9. The average Bonchev–Trinajstić information content (AvgIpc) is 2.51. The maximum atomic E-state index is 10.9. The van der Waals surface area contributed by atoms with Crippen LogP contribution in [0.5, 0.6) is 0 Å². The monoisotopic (exact) mass is 196 g/mol. The first-order valence-electron chi connectivity index (χ1n) is 4.64. The molecule has 0 aliphatic heterocycles. The Morgan fingerprint density at radius 1 is 1.57 bits per heavy atom. The molecule has 4 nitrogen and oxygen atoms in total. The van der Waals surface area contributed by atoms with Gasteiger partial charge in [0, 0.05) is 6.20 Å². The second-order valence-corrected chi connectivity index (χ2v) is 4.24. The molecule has 0 unspecified atom stereocenters. The minimum absolute atomic E-state index is 0.369. The summed E-state index contributed by atoms with van der Waals surface area (Å²) in [5.41, 5.74) is 0.0759. The topological polar surface area (TPSA) is 55.1 Å². The van der Waals surface area contributed by atoms with E-state index < -0.39 is 11.5 Å². The largest absolute Gasteiger partial charge is 0.479 e. The third-order valence-electron chi connectivity index (χ3n) is 2.37. The van der Waals surface area contributed by atoms with Gasteiger partial charge in [0.2, 0.25) is 0 Å². The predicted molar refractivity (Wildman–Crippen MR) is 53.3 cm³/mol. The Balaban J connectivity index is 3.03. The third-order valence-corrected chi connectivity index (χ3v) is 2.37. The summed E-state index contributed by atoms with van der Waals surface area (Å²) in [6, 6.07) is 0. The highest BCUT2D eigenvalue weighted by Gasteiger charge is 2.30. The lowest BCUT2D eigenvalue weighted by atomic mass is 10.1. The molecule has 0 bridgehead atoms. The van der Waals surface area contributed by atoms with Crippen LogP contribution >= 0.6 is 0 Å². The molecule has 1 aromatic heterocycles. The van der Waals surface area contributed by atoms with E-state index in [1.165, 1.54) is 4.68 Å². The summed E-state index contributed by atoms with van der Waals surface area (Å²) in [5.74, 6) is -0.510. The highest BCUT2D eigenvalue weighted by atomic mass is 16.4. The first kappa shape index (κ1) is 10.8. The van der Waals surface area contributed by atoms with Crippen LogP contribution in [0.4, 0.5) is 0 Å². The average molecular weight is 196 g/mol. The zero-order valence-corrected chi connectivity index (χ0v) is 8.98. The number of rotatable bonds is 3. The van der Waals surface area contributed by atoms with E-state index in [9.17, 15) is 4.79 Å². The van der Waals surface area contributed by atoms with Crippen molar-refractivity contribution in [2.45, 2.75) is 39.2 Å². The van der Waals surface area contributed by atoms with Crippen molar-refractivity contribution in [2.75, 3.05) is 0 Å². The molecule has 0 amide bonds. The number of carbonyl (C=O) groups is 1. The highest BCUT2D eigenvalue weighted by Crippen LogP contribution is 2.19. The molecular weight excluding hydrogens is 180 g/mol. The van der Waals surface area contributed by atoms with Crippen LogP contribution in [0.15, 0.2) is 12.4 Å². The van der Waals surface area contributed by atoms with E-state index in [0.29, 0.717) is 5.92 Å². The Kier molecular flexibility index (Phi) is 2.64. The normalized spacial score (nSPS) is 12.1. The molecule has 0 atom stereocenters. The van der Waals surface area contributed by atoms with Crippen LogP contribution in [0, 0.1) is 0 Å². The summed E-state index contributed by atoms with van der Waals surface area (Å²) < 4.78 is 1.49. The number of hydrogen-bond acceptors (Lipinski definition) is 2. The third kappa shape index (κ3) is 1.78. The molecule has 1 heterocycles. The summed E-state index contributed by atoms with van der Waals surface area (Å²) in [6.45, 7) is 7.36. The van der Waals surface area contributed by atoms with Crippen LogP contribution in [0.2, 0.25) is 0 Å². The second-order valence-electron chi connectivity index (χ2n) is 4.24. The minimum Gasteiger partial charge on any atom is -0.479 e. The summed E-state index contributed by atoms with van der Waals surface area (Å²) in [6.07, 6.45) is 3.51.